The van der Waals surface area contributed by atoms with Crippen LogP contribution in [0.4, 0.5) is 0 Å². The molecule has 0 amide bonds. The second kappa shape index (κ2) is 9.30. The van der Waals surface area contributed by atoms with Crippen molar-refractivity contribution in [1.29, 1.82) is 0 Å². The van der Waals surface area contributed by atoms with E-state index in [4.69, 9.17) is 35.4 Å². The Balaban J connectivity index is 4.83. The predicted octanol–water partition coefficient (Wildman–Crippen LogP) is -1.12. The Morgan fingerprint density at radius 2 is 0.947 bits per heavy atom. The summed E-state index contributed by atoms with van der Waals surface area (Å²) in [6.45, 7) is 0. The Hall–Kier alpha value is 0.331. The minimum Gasteiger partial charge on any atom is -0.355 e. The van der Waals surface area contributed by atoms with Crippen molar-refractivity contribution in [2.75, 3.05) is 42.7 Å². The molecule has 0 aromatic heterocycles. The monoisotopic (exact) mass is 332 g/mol. The molecule has 0 unspecified atom stereocenters. The van der Waals surface area contributed by atoms with Crippen LogP contribution in [-0.4, -0.2) is 77.3 Å². The van der Waals surface area contributed by atoms with Gasteiger partial charge in [-0.25, -0.2) is 0 Å². The van der Waals surface area contributed by atoms with Crippen LogP contribution in [0, 0.1) is 0 Å². The standard InChI is InChI=1S/C8H24O8Si3/c1-9-18(10-2,11-3)15-8(7-17)16-19(12-4,13-5)14-6/h8H,7H2,1-6,17H3. The molecule has 0 bridgehead atoms. The highest BCUT2D eigenvalue weighted by atomic mass is 28.4. The fourth-order valence-corrected chi connectivity index (χ4v) is 5.05. The zero-order chi connectivity index (χ0) is 14.9. The molecular weight excluding hydrogens is 308 g/mol. The van der Waals surface area contributed by atoms with Crippen LogP contribution in [0.5, 0.6) is 0 Å². The maximum absolute atomic E-state index is 5.68. The van der Waals surface area contributed by atoms with E-state index in [0.717, 1.165) is 10.2 Å². The lowest BCUT2D eigenvalue weighted by molar-refractivity contribution is -0.129. The van der Waals surface area contributed by atoms with Crippen LogP contribution in [0.15, 0.2) is 0 Å². The highest BCUT2D eigenvalue weighted by Crippen LogP contribution is 2.19. The van der Waals surface area contributed by atoms with Crippen molar-refractivity contribution in [3.8, 4) is 0 Å². The molecule has 0 aromatic rings. The maximum atomic E-state index is 5.68. The van der Waals surface area contributed by atoms with E-state index in [2.05, 4.69) is 0 Å². The van der Waals surface area contributed by atoms with Gasteiger partial charge in [-0.15, -0.1) is 0 Å². The first-order chi connectivity index (χ1) is 9.00. The minimum atomic E-state index is -3.19. The number of hydrogen-bond acceptors (Lipinski definition) is 8. The van der Waals surface area contributed by atoms with Gasteiger partial charge in [0.1, 0.15) is 6.29 Å². The first-order valence-corrected chi connectivity index (χ1v) is 10.3. The second-order valence-corrected chi connectivity index (χ2v) is 9.04. The van der Waals surface area contributed by atoms with Crippen molar-refractivity contribution in [1.82, 2.24) is 0 Å². The molecule has 0 radical (unpaired) electrons. The Bertz CT molecular complexity index is 198. The molecule has 0 saturated carbocycles. The zero-order valence-electron chi connectivity index (χ0n) is 12.6. The van der Waals surface area contributed by atoms with Gasteiger partial charge in [-0.1, -0.05) is 0 Å². The molecule has 19 heavy (non-hydrogen) atoms. The van der Waals surface area contributed by atoms with E-state index in [0.29, 0.717) is 6.04 Å². The summed E-state index contributed by atoms with van der Waals surface area (Å²) < 4.78 is 42.5. The van der Waals surface area contributed by atoms with Crippen LogP contribution in [0.2, 0.25) is 6.04 Å². The average molecular weight is 333 g/mol. The topological polar surface area (TPSA) is 73.8 Å². The first-order valence-electron chi connectivity index (χ1n) is 5.67. The Morgan fingerprint density at radius 3 is 1.11 bits per heavy atom. The molecular formula is C8H24O8Si3. The fraction of sp³-hybridized carbons (Fsp3) is 1.00. The van der Waals surface area contributed by atoms with Gasteiger partial charge in [0.25, 0.3) is 0 Å². The maximum Gasteiger partial charge on any atom is 0.680 e. The molecule has 0 fully saturated rings. The van der Waals surface area contributed by atoms with Gasteiger partial charge < -0.3 is 35.4 Å². The smallest absolute Gasteiger partial charge is 0.355 e. The van der Waals surface area contributed by atoms with Gasteiger partial charge >= 0.3 is 18.1 Å². The molecule has 0 N–H and O–H groups in total. The van der Waals surface area contributed by atoms with Crippen LogP contribution < -0.4 is 0 Å². The number of hydrogen-bond donors (Lipinski definition) is 0. The zero-order valence-corrected chi connectivity index (χ0v) is 16.6. The van der Waals surface area contributed by atoms with E-state index >= 15 is 0 Å². The van der Waals surface area contributed by atoms with Gasteiger partial charge in [-0.3, -0.25) is 0 Å². The Kier molecular flexibility index (Phi) is 9.46. The summed E-state index contributed by atoms with van der Waals surface area (Å²) >= 11 is 0. The van der Waals surface area contributed by atoms with E-state index in [1.165, 1.54) is 42.7 Å². The van der Waals surface area contributed by atoms with E-state index in [1.807, 2.05) is 0 Å². The van der Waals surface area contributed by atoms with Gasteiger partial charge in [0.05, 0.1) is 0 Å². The van der Waals surface area contributed by atoms with Crippen LogP contribution in [0.3, 0.4) is 0 Å². The summed E-state index contributed by atoms with van der Waals surface area (Å²) in [5.41, 5.74) is 0. The summed E-state index contributed by atoms with van der Waals surface area (Å²) in [5, 5.41) is 0. The minimum absolute atomic E-state index is 0.635. The lowest BCUT2D eigenvalue weighted by Crippen LogP contribution is -2.54. The largest absolute Gasteiger partial charge is 0.680 e. The molecule has 0 rings (SSSR count). The van der Waals surface area contributed by atoms with Crippen molar-refractivity contribution in [2.24, 2.45) is 0 Å². The van der Waals surface area contributed by atoms with Crippen LogP contribution in [0.25, 0.3) is 0 Å². The van der Waals surface area contributed by atoms with E-state index < -0.39 is 24.4 Å². The molecule has 11 heteroatoms. The molecule has 0 heterocycles. The van der Waals surface area contributed by atoms with Gasteiger partial charge in [0.2, 0.25) is 0 Å². The van der Waals surface area contributed by atoms with Crippen LogP contribution in [0.1, 0.15) is 0 Å². The van der Waals surface area contributed by atoms with Crippen molar-refractivity contribution in [3.05, 3.63) is 0 Å². The molecule has 0 aliphatic rings. The fourth-order valence-electron chi connectivity index (χ4n) is 1.30. The molecule has 0 aromatic carbocycles. The van der Waals surface area contributed by atoms with E-state index in [9.17, 15) is 0 Å². The van der Waals surface area contributed by atoms with Gasteiger partial charge in [-0.05, 0) is 6.04 Å². The van der Waals surface area contributed by atoms with Gasteiger partial charge in [0, 0.05) is 52.9 Å². The first kappa shape index (κ1) is 19.3. The third kappa shape index (κ3) is 5.31. The summed E-state index contributed by atoms with van der Waals surface area (Å²) in [7, 11) is 3.19. The molecule has 0 aliphatic heterocycles. The van der Waals surface area contributed by atoms with Crippen LogP contribution in [-0.2, 0) is 35.4 Å². The predicted molar refractivity (Wildman–Crippen MR) is 74.3 cm³/mol. The highest BCUT2D eigenvalue weighted by Gasteiger charge is 2.50. The Labute approximate surface area is 119 Å². The van der Waals surface area contributed by atoms with Gasteiger partial charge in [0.15, 0.2) is 0 Å². The SMILES string of the molecule is CO[Si](OC)(OC)OC(C[SiH3])O[Si](OC)(OC)OC. The highest BCUT2D eigenvalue weighted by molar-refractivity contribution is 6.54. The molecule has 0 spiro atoms. The second-order valence-electron chi connectivity index (χ2n) is 3.30. The van der Waals surface area contributed by atoms with Crippen molar-refractivity contribution in [3.63, 3.8) is 0 Å². The molecule has 0 saturated heterocycles. The molecule has 116 valence electrons. The van der Waals surface area contributed by atoms with Crippen LogP contribution >= 0.6 is 0 Å². The van der Waals surface area contributed by atoms with E-state index in [1.54, 1.807) is 0 Å². The van der Waals surface area contributed by atoms with E-state index in [-0.39, 0.29) is 0 Å². The average Bonchev–Trinajstić information content (AvgIpc) is 2.49. The summed E-state index contributed by atoms with van der Waals surface area (Å²) in [6.07, 6.45) is -0.635. The third-order valence-corrected chi connectivity index (χ3v) is 7.15. The lowest BCUT2D eigenvalue weighted by Gasteiger charge is -2.32. The molecule has 0 atom stereocenters. The molecule has 8 nitrogen and oxygen atoms in total. The molecule has 0 aliphatic carbocycles. The van der Waals surface area contributed by atoms with Crippen molar-refractivity contribution in [2.45, 2.75) is 12.3 Å². The Morgan fingerprint density at radius 1 is 0.684 bits per heavy atom. The van der Waals surface area contributed by atoms with Crippen molar-refractivity contribution >= 4 is 28.3 Å². The normalized spacial score (nSPS) is 13.4. The number of rotatable bonds is 11. The van der Waals surface area contributed by atoms with Crippen molar-refractivity contribution < 1.29 is 35.4 Å². The summed E-state index contributed by atoms with van der Waals surface area (Å²) in [6, 6.07) is 0.648. The van der Waals surface area contributed by atoms with Gasteiger partial charge in [-0.2, -0.15) is 0 Å². The summed E-state index contributed by atoms with van der Waals surface area (Å²) in [5.74, 6) is 0. The lowest BCUT2D eigenvalue weighted by atomic mass is 10.8. The summed E-state index contributed by atoms with van der Waals surface area (Å²) in [4.78, 5) is 0. The third-order valence-electron chi connectivity index (χ3n) is 2.38. The quantitative estimate of drug-likeness (QED) is 0.348.